The van der Waals surface area contributed by atoms with Gasteiger partial charge in [-0.2, -0.15) is 4.98 Å². The lowest BCUT2D eigenvalue weighted by Gasteiger charge is -2.48. The number of carbonyl (C=O) groups is 3. The van der Waals surface area contributed by atoms with Gasteiger partial charge in [-0.25, -0.2) is 0 Å². The number of nitrogens with zero attached hydrogens (tertiary/aromatic N) is 4. The molecule has 2 fully saturated rings. The molecule has 3 amide bonds. The highest BCUT2D eigenvalue weighted by Crippen LogP contribution is 2.44. The molecular formula is C23H27N5O4. The minimum atomic E-state index is -0.878. The highest BCUT2D eigenvalue weighted by atomic mass is 16.5. The van der Waals surface area contributed by atoms with Crippen molar-refractivity contribution in [3.63, 3.8) is 0 Å². The fourth-order valence-corrected chi connectivity index (χ4v) is 4.70. The van der Waals surface area contributed by atoms with Crippen LogP contribution in [0, 0.1) is 5.92 Å². The molecule has 1 saturated carbocycles. The first-order valence-corrected chi connectivity index (χ1v) is 11.2. The van der Waals surface area contributed by atoms with Gasteiger partial charge in [0.2, 0.25) is 17.7 Å². The summed E-state index contributed by atoms with van der Waals surface area (Å²) in [5.41, 5.74) is 0.161. The standard InChI is InChI=1S/C23H27N5O4/c1-13(2)19(21-25-20(26-32-21)14-8-9-14)24-17(29)12-27-22(31)15-6-4-5-7-16(15)28-18(30)10-11-23(27,28)3/h4-7,13-14,19H,8-12H2,1-3H3,(H,24,29). The van der Waals surface area contributed by atoms with Crippen LogP contribution in [-0.4, -0.2) is 45.0 Å². The molecule has 1 N–H and O–H groups in total. The summed E-state index contributed by atoms with van der Waals surface area (Å²) in [7, 11) is 0. The van der Waals surface area contributed by atoms with Gasteiger partial charge in [-0.15, -0.1) is 0 Å². The summed E-state index contributed by atoms with van der Waals surface area (Å²) < 4.78 is 5.44. The smallest absolute Gasteiger partial charge is 0.258 e. The number of rotatable bonds is 6. The average Bonchev–Trinajstić information content (AvgIpc) is 3.42. The molecule has 1 aliphatic carbocycles. The van der Waals surface area contributed by atoms with Gasteiger partial charge < -0.3 is 14.7 Å². The third-order valence-corrected chi connectivity index (χ3v) is 6.70. The Kier molecular flexibility index (Phi) is 4.79. The van der Waals surface area contributed by atoms with Crippen molar-refractivity contribution >= 4 is 23.4 Å². The maximum Gasteiger partial charge on any atom is 0.258 e. The van der Waals surface area contributed by atoms with Crippen molar-refractivity contribution in [3.8, 4) is 0 Å². The predicted molar refractivity (Wildman–Crippen MR) is 115 cm³/mol. The molecule has 2 aromatic rings. The van der Waals surface area contributed by atoms with Gasteiger partial charge in [-0.3, -0.25) is 19.3 Å². The Bertz CT molecular complexity index is 1090. The molecule has 2 atom stereocenters. The van der Waals surface area contributed by atoms with E-state index in [1.165, 1.54) is 4.90 Å². The van der Waals surface area contributed by atoms with Crippen LogP contribution in [0.5, 0.6) is 0 Å². The van der Waals surface area contributed by atoms with Crippen molar-refractivity contribution in [3.05, 3.63) is 41.5 Å². The quantitative estimate of drug-likeness (QED) is 0.744. The molecule has 5 rings (SSSR count). The molecule has 32 heavy (non-hydrogen) atoms. The Hall–Kier alpha value is -3.23. The van der Waals surface area contributed by atoms with Gasteiger partial charge in [0.05, 0.1) is 11.3 Å². The fourth-order valence-electron chi connectivity index (χ4n) is 4.70. The Labute approximate surface area is 186 Å². The van der Waals surface area contributed by atoms with Crippen LogP contribution in [0.1, 0.15) is 80.5 Å². The first-order chi connectivity index (χ1) is 15.3. The number of aromatic nitrogens is 2. The molecule has 9 heteroatoms. The molecule has 0 radical (unpaired) electrons. The van der Waals surface area contributed by atoms with Crippen LogP contribution in [0.15, 0.2) is 28.8 Å². The van der Waals surface area contributed by atoms with E-state index in [2.05, 4.69) is 15.5 Å². The predicted octanol–water partition coefficient (Wildman–Crippen LogP) is 2.76. The lowest BCUT2D eigenvalue weighted by Crippen LogP contribution is -2.64. The fraction of sp³-hybridized carbons (Fsp3) is 0.522. The van der Waals surface area contributed by atoms with E-state index in [0.29, 0.717) is 41.7 Å². The lowest BCUT2D eigenvalue weighted by molar-refractivity contribution is -0.125. The first-order valence-electron chi connectivity index (χ1n) is 11.2. The zero-order valence-corrected chi connectivity index (χ0v) is 18.5. The molecule has 2 aliphatic heterocycles. The van der Waals surface area contributed by atoms with Gasteiger partial charge in [-0.1, -0.05) is 31.1 Å². The molecule has 0 bridgehead atoms. The van der Waals surface area contributed by atoms with Crippen molar-refractivity contribution in [2.24, 2.45) is 5.92 Å². The van der Waals surface area contributed by atoms with Crippen molar-refractivity contribution in [1.82, 2.24) is 20.4 Å². The SMILES string of the molecule is CC(C)C(NC(=O)CN1C(=O)c2ccccc2N2C(=O)CCC12C)c1nc(C2CC2)no1. The number of para-hydroxylation sites is 1. The molecule has 9 nitrogen and oxygen atoms in total. The summed E-state index contributed by atoms with van der Waals surface area (Å²) in [6, 6.07) is 6.61. The van der Waals surface area contributed by atoms with Crippen LogP contribution >= 0.6 is 0 Å². The third-order valence-electron chi connectivity index (χ3n) is 6.70. The van der Waals surface area contributed by atoms with E-state index in [4.69, 9.17) is 4.52 Å². The number of hydrogen-bond donors (Lipinski definition) is 1. The van der Waals surface area contributed by atoms with E-state index in [9.17, 15) is 14.4 Å². The van der Waals surface area contributed by atoms with Gasteiger partial charge in [-0.05, 0) is 44.2 Å². The molecule has 168 valence electrons. The Morgan fingerprint density at radius 3 is 2.75 bits per heavy atom. The van der Waals surface area contributed by atoms with Crippen molar-refractivity contribution in [2.75, 3.05) is 11.4 Å². The second-order valence-corrected chi connectivity index (χ2v) is 9.41. The van der Waals surface area contributed by atoms with E-state index < -0.39 is 11.7 Å². The van der Waals surface area contributed by atoms with Crippen LogP contribution < -0.4 is 10.2 Å². The normalized spacial score (nSPS) is 23.4. The number of carbonyl (C=O) groups excluding carboxylic acids is 3. The van der Waals surface area contributed by atoms with Crippen LogP contribution in [0.3, 0.4) is 0 Å². The molecule has 0 spiro atoms. The van der Waals surface area contributed by atoms with Gasteiger partial charge in [0.25, 0.3) is 5.91 Å². The second-order valence-electron chi connectivity index (χ2n) is 9.41. The van der Waals surface area contributed by atoms with E-state index in [0.717, 1.165) is 12.8 Å². The van der Waals surface area contributed by atoms with Crippen molar-refractivity contribution < 1.29 is 18.9 Å². The molecule has 1 aromatic heterocycles. The van der Waals surface area contributed by atoms with E-state index in [1.807, 2.05) is 26.8 Å². The number of anilines is 1. The zero-order chi connectivity index (χ0) is 22.6. The monoisotopic (exact) mass is 437 g/mol. The zero-order valence-electron chi connectivity index (χ0n) is 18.5. The van der Waals surface area contributed by atoms with Gasteiger partial charge in [0.1, 0.15) is 18.2 Å². The summed E-state index contributed by atoms with van der Waals surface area (Å²) in [6.45, 7) is 5.61. The number of benzene rings is 1. The van der Waals surface area contributed by atoms with Crippen molar-refractivity contribution in [2.45, 2.75) is 64.1 Å². The largest absolute Gasteiger partial charge is 0.342 e. The van der Waals surface area contributed by atoms with Crippen LogP contribution in [0.25, 0.3) is 0 Å². The van der Waals surface area contributed by atoms with Crippen LogP contribution in [0.4, 0.5) is 5.69 Å². The molecule has 1 aromatic carbocycles. The lowest BCUT2D eigenvalue weighted by atomic mass is 9.98. The maximum atomic E-state index is 13.3. The summed E-state index contributed by atoms with van der Waals surface area (Å²) in [6.07, 6.45) is 2.92. The van der Waals surface area contributed by atoms with Gasteiger partial charge in [0.15, 0.2) is 5.82 Å². The van der Waals surface area contributed by atoms with Crippen molar-refractivity contribution in [1.29, 1.82) is 0 Å². The minimum absolute atomic E-state index is 0.0179. The Morgan fingerprint density at radius 1 is 1.28 bits per heavy atom. The molecule has 1 saturated heterocycles. The third kappa shape index (κ3) is 3.27. The number of hydrogen-bond acceptors (Lipinski definition) is 6. The first kappa shape index (κ1) is 20.7. The topological polar surface area (TPSA) is 109 Å². The number of amides is 3. The average molecular weight is 438 g/mol. The molecule has 2 unspecified atom stereocenters. The van der Waals surface area contributed by atoms with Crippen LogP contribution in [0.2, 0.25) is 0 Å². The van der Waals surface area contributed by atoms with E-state index in [-0.39, 0.29) is 30.2 Å². The van der Waals surface area contributed by atoms with E-state index >= 15 is 0 Å². The summed E-state index contributed by atoms with van der Waals surface area (Å²) in [4.78, 5) is 46.8. The summed E-state index contributed by atoms with van der Waals surface area (Å²) in [5.74, 6) is 0.820. The maximum absolute atomic E-state index is 13.3. The number of fused-ring (bicyclic) bond motifs is 3. The molecule has 3 heterocycles. The minimum Gasteiger partial charge on any atom is -0.342 e. The van der Waals surface area contributed by atoms with Crippen LogP contribution in [-0.2, 0) is 9.59 Å². The highest BCUT2D eigenvalue weighted by Gasteiger charge is 2.53. The van der Waals surface area contributed by atoms with E-state index in [1.54, 1.807) is 23.1 Å². The van der Waals surface area contributed by atoms with Gasteiger partial charge >= 0.3 is 0 Å². The summed E-state index contributed by atoms with van der Waals surface area (Å²) in [5, 5.41) is 7.03. The number of nitrogens with one attached hydrogen (secondary N) is 1. The second kappa shape index (κ2) is 7.43. The Morgan fingerprint density at radius 2 is 2.03 bits per heavy atom. The Balaban J connectivity index is 1.39. The summed E-state index contributed by atoms with van der Waals surface area (Å²) >= 11 is 0. The molecule has 3 aliphatic rings. The highest BCUT2D eigenvalue weighted by molar-refractivity contribution is 6.11. The molecular weight excluding hydrogens is 410 g/mol. The van der Waals surface area contributed by atoms with Gasteiger partial charge in [0, 0.05) is 12.3 Å².